The standard InChI is InChI=1S/C16H19N3O4/c1-10-8-18(7-6-11(10)15(21)22)14(20)9-19-13-5-3-2-4-12(13)17-16(19)23/h2-5,10-11H,6-9H2,1H3,(H,17,23)(H,21,22). The van der Waals surface area contributed by atoms with Gasteiger partial charge < -0.3 is 15.0 Å². The van der Waals surface area contributed by atoms with Crippen LogP contribution in [0, 0.1) is 11.8 Å². The van der Waals surface area contributed by atoms with Gasteiger partial charge in [0.1, 0.15) is 6.54 Å². The van der Waals surface area contributed by atoms with Gasteiger partial charge >= 0.3 is 11.7 Å². The summed E-state index contributed by atoms with van der Waals surface area (Å²) in [4.78, 5) is 40.0. The van der Waals surface area contributed by atoms with Gasteiger partial charge in [0.05, 0.1) is 17.0 Å². The SMILES string of the molecule is CC1CN(C(=O)Cn2c(=O)[nH]c3ccccc32)CCC1C(=O)O. The maximum atomic E-state index is 12.5. The first-order valence-electron chi connectivity index (χ1n) is 7.65. The summed E-state index contributed by atoms with van der Waals surface area (Å²) >= 11 is 0. The van der Waals surface area contributed by atoms with Crippen molar-refractivity contribution < 1.29 is 14.7 Å². The molecule has 0 bridgehead atoms. The number of aliphatic carboxylic acids is 1. The van der Waals surface area contributed by atoms with E-state index in [-0.39, 0.29) is 24.1 Å². The summed E-state index contributed by atoms with van der Waals surface area (Å²) in [5.74, 6) is -1.47. The number of H-pyrrole nitrogens is 1. The number of hydrogen-bond donors (Lipinski definition) is 2. The van der Waals surface area contributed by atoms with Crippen molar-refractivity contribution in [1.29, 1.82) is 0 Å². The van der Waals surface area contributed by atoms with Crippen LogP contribution in [0.4, 0.5) is 0 Å². The number of rotatable bonds is 3. The highest BCUT2D eigenvalue weighted by Crippen LogP contribution is 2.23. The molecule has 2 heterocycles. The van der Waals surface area contributed by atoms with Crippen LogP contribution >= 0.6 is 0 Å². The molecule has 0 radical (unpaired) electrons. The van der Waals surface area contributed by atoms with Gasteiger partial charge in [-0.05, 0) is 24.5 Å². The lowest BCUT2D eigenvalue weighted by atomic mass is 9.87. The number of benzene rings is 1. The highest BCUT2D eigenvalue weighted by molar-refractivity contribution is 5.81. The van der Waals surface area contributed by atoms with E-state index in [0.29, 0.717) is 30.5 Å². The maximum absolute atomic E-state index is 12.5. The van der Waals surface area contributed by atoms with E-state index in [1.807, 2.05) is 19.1 Å². The van der Waals surface area contributed by atoms with Crippen LogP contribution in [-0.2, 0) is 16.1 Å². The number of hydrogen-bond acceptors (Lipinski definition) is 3. The molecule has 7 heteroatoms. The van der Waals surface area contributed by atoms with Crippen LogP contribution in [0.25, 0.3) is 11.0 Å². The Hall–Kier alpha value is -2.57. The van der Waals surface area contributed by atoms with Crippen LogP contribution in [0.1, 0.15) is 13.3 Å². The molecule has 1 amide bonds. The van der Waals surface area contributed by atoms with Gasteiger partial charge in [-0.1, -0.05) is 19.1 Å². The molecule has 0 spiro atoms. The smallest absolute Gasteiger partial charge is 0.326 e. The van der Waals surface area contributed by atoms with Gasteiger partial charge in [-0.25, -0.2) is 4.79 Å². The van der Waals surface area contributed by atoms with E-state index < -0.39 is 11.9 Å². The van der Waals surface area contributed by atoms with E-state index >= 15 is 0 Å². The largest absolute Gasteiger partial charge is 0.481 e. The van der Waals surface area contributed by atoms with Crippen LogP contribution in [0.2, 0.25) is 0 Å². The summed E-state index contributed by atoms with van der Waals surface area (Å²) in [7, 11) is 0. The molecule has 1 saturated heterocycles. The summed E-state index contributed by atoms with van der Waals surface area (Å²) in [5.41, 5.74) is 1.08. The van der Waals surface area contributed by atoms with Crippen molar-refractivity contribution in [2.24, 2.45) is 11.8 Å². The summed E-state index contributed by atoms with van der Waals surface area (Å²) in [6, 6.07) is 7.22. The number of aromatic amines is 1. The first kappa shape index (κ1) is 15.3. The van der Waals surface area contributed by atoms with Crippen molar-refractivity contribution in [2.45, 2.75) is 19.9 Å². The Morgan fingerprint density at radius 2 is 2.09 bits per heavy atom. The second-order valence-corrected chi connectivity index (χ2v) is 6.08. The van der Waals surface area contributed by atoms with Crippen molar-refractivity contribution in [3.05, 3.63) is 34.7 Å². The number of nitrogens with one attached hydrogen (secondary N) is 1. The average molecular weight is 317 g/mol. The minimum Gasteiger partial charge on any atom is -0.481 e. The van der Waals surface area contributed by atoms with Crippen LogP contribution in [0.3, 0.4) is 0 Å². The molecule has 122 valence electrons. The second kappa shape index (κ2) is 5.91. The number of amides is 1. The number of para-hydroxylation sites is 2. The fourth-order valence-corrected chi connectivity index (χ4v) is 3.24. The van der Waals surface area contributed by atoms with Crippen LogP contribution in [0.15, 0.2) is 29.1 Å². The minimum absolute atomic E-state index is 0.0344. The lowest BCUT2D eigenvalue weighted by Gasteiger charge is -2.35. The molecule has 23 heavy (non-hydrogen) atoms. The zero-order valence-corrected chi connectivity index (χ0v) is 12.9. The highest BCUT2D eigenvalue weighted by atomic mass is 16.4. The number of carbonyl (C=O) groups excluding carboxylic acids is 1. The van der Waals surface area contributed by atoms with Crippen molar-refractivity contribution in [1.82, 2.24) is 14.5 Å². The minimum atomic E-state index is -0.808. The van der Waals surface area contributed by atoms with Crippen molar-refractivity contribution in [3.8, 4) is 0 Å². The molecule has 1 fully saturated rings. The number of nitrogens with zero attached hydrogens (tertiary/aromatic N) is 2. The molecule has 1 aliphatic rings. The van der Waals surface area contributed by atoms with E-state index in [1.54, 1.807) is 17.0 Å². The summed E-state index contributed by atoms with van der Waals surface area (Å²) < 4.78 is 1.42. The second-order valence-electron chi connectivity index (χ2n) is 6.08. The Kier molecular flexibility index (Phi) is 3.94. The normalized spacial score (nSPS) is 21.5. The molecule has 2 atom stereocenters. The number of piperidine rings is 1. The first-order valence-corrected chi connectivity index (χ1v) is 7.65. The molecular weight excluding hydrogens is 298 g/mol. The average Bonchev–Trinajstić information content (AvgIpc) is 2.83. The van der Waals surface area contributed by atoms with Gasteiger partial charge in [-0.2, -0.15) is 0 Å². The molecule has 3 rings (SSSR count). The molecular formula is C16H19N3O4. The molecule has 2 N–H and O–H groups in total. The molecule has 1 aliphatic heterocycles. The summed E-state index contributed by atoms with van der Waals surface area (Å²) in [5, 5.41) is 9.14. The summed E-state index contributed by atoms with van der Waals surface area (Å²) in [6.07, 6.45) is 0.449. The predicted octanol–water partition coefficient (Wildman–Crippen LogP) is 0.899. The van der Waals surface area contributed by atoms with E-state index in [2.05, 4.69) is 4.98 Å². The number of carbonyl (C=O) groups is 2. The fraction of sp³-hybridized carbons (Fsp3) is 0.438. The Morgan fingerprint density at radius 1 is 1.35 bits per heavy atom. The number of fused-ring (bicyclic) bond motifs is 1. The number of aromatic nitrogens is 2. The topological polar surface area (TPSA) is 95.4 Å². The van der Waals surface area contributed by atoms with Crippen LogP contribution in [-0.4, -0.2) is 44.5 Å². The molecule has 2 aromatic rings. The van der Waals surface area contributed by atoms with Gasteiger partial charge in [0, 0.05) is 13.1 Å². The molecule has 2 unspecified atom stereocenters. The maximum Gasteiger partial charge on any atom is 0.326 e. The third-order valence-electron chi connectivity index (χ3n) is 4.55. The molecule has 7 nitrogen and oxygen atoms in total. The third-order valence-corrected chi connectivity index (χ3v) is 4.55. The fourth-order valence-electron chi connectivity index (χ4n) is 3.24. The monoisotopic (exact) mass is 317 g/mol. The van der Waals surface area contributed by atoms with E-state index in [1.165, 1.54) is 4.57 Å². The number of likely N-dealkylation sites (tertiary alicyclic amines) is 1. The Labute approximate surface area is 132 Å². The van der Waals surface area contributed by atoms with Crippen molar-refractivity contribution in [2.75, 3.05) is 13.1 Å². The van der Waals surface area contributed by atoms with Crippen molar-refractivity contribution >= 4 is 22.9 Å². The lowest BCUT2D eigenvalue weighted by molar-refractivity contribution is -0.148. The quantitative estimate of drug-likeness (QED) is 0.879. The first-order chi connectivity index (χ1) is 11.0. The molecule has 0 aliphatic carbocycles. The van der Waals surface area contributed by atoms with Gasteiger partial charge in [0.2, 0.25) is 5.91 Å². The van der Waals surface area contributed by atoms with Crippen LogP contribution in [0.5, 0.6) is 0 Å². The van der Waals surface area contributed by atoms with E-state index in [9.17, 15) is 14.4 Å². The van der Waals surface area contributed by atoms with E-state index in [4.69, 9.17) is 5.11 Å². The van der Waals surface area contributed by atoms with Crippen LogP contribution < -0.4 is 5.69 Å². The van der Waals surface area contributed by atoms with Gasteiger partial charge in [0.15, 0.2) is 0 Å². The summed E-state index contributed by atoms with van der Waals surface area (Å²) in [6.45, 7) is 2.63. The van der Waals surface area contributed by atoms with E-state index in [0.717, 1.165) is 0 Å². The van der Waals surface area contributed by atoms with Gasteiger partial charge in [-0.3, -0.25) is 14.2 Å². The zero-order valence-electron chi connectivity index (χ0n) is 12.9. The Balaban J connectivity index is 1.76. The number of carboxylic acids is 1. The van der Waals surface area contributed by atoms with Crippen molar-refractivity contribution in [3.63, 3.8) is 0 Å². The third kappa shape index (κ3) is 2.86. The highest BCUT2D eigenvalue weighted by Gasteiger charge is 2.33. The Bertz CT molecular complexity index is 807. The number of imidazole rings is 1. The molecule has 0 saturated carbocycles. The molecule has 1 aromatic heterocycles. The number of carboxylic acid groups (broad SMARTS) is 1. The van der Waals surface area contributed by atoms with Gasteiger partial charge in [-0.15, -0.1) is 0 Å². The predicted molar refractivity (Wildman–Crippen MR) is 84.0 cm³/mol. The Morgan fingerprint density at radius 3 is 2.78 bits per heavy atom. The van der Waals surface area contributed by atoms with Gasteiger partial charge in [0.25, 0.3) is 0 Å². The zero-order chi connectivity index (χ0) is 16.6. The lowest BCUT2D eigenvalue weighted by Crippen LogP contribution is -2.46. The molecule has 1 aromatic carbocycles.